The minimum atomic E-state index is -0.305. The van der Waals surface area contributed by atoms with E-state index in [2.05, 4.69) is 0 Å². The largest absolute Gasteiger partial charge is 0.389 e. The summed E-state index contributed by atoms with van der Waals surface area (Å²) in [6.45, 7) is 4.70. The van der Waals surface area contributed by atoms with Gasteiger partial charge < -0.3 is 9.84 Å². The van der Waals surface area contributed by atoms with Crippen molar-refractivity contribution in [1.29, 1.82) is 0 Å². The topological polar surface area (TPSA) is 29.5 Å². The number of aliphatic hydroxyl groups excluding tert-OH is 1. The van der Waals surface area contributed by atoms with Gasteiger partial charge in [-0.1, -0.05) is 23.8 Å². The van der Waals surface area contributed by atoms with E-state index in [1.54, 1.807) is 6.08 Å². The minimum absolute atomic E-state index is 0.106. The van der Waals surface area contributed by atoms with Crippen molar-refractivity contribution in [1.82, 2.24) is 0 Å². The highest BCUT2D eigenvalue weighted by molar-refractivity contribution is 5.05. The second-order valence-corrected chi connectivity index (χ2v) is 3.17. The summed E-state index contributed by atoms with van der Waals surface area (Å²) in [5, 5.41) is 9.14. The molecule has 0 heterocycles. The quantitative estimate of drug-likeness (QED) is 0.649. The van der Waals surface area contributed by atoms with Crippen molar-refractivity contribution in [3.8, 4) is 0 Å². The second kappa shape index (κ2) is 4.43. The Morgan fingerprint density at radius 1 is 1.67 bits per heavy atom. The molecule has 0 saturated heterocycles. The lowest BCUT2D eigenvalue weighted by Crippen LogP contribution is -2.12. The van der Waals surface area contributed by atoms with Crippen LogP contribution in [-0.4, -0.2) is 23.9 Å². The summed E-state index contributed by atoms with van der Waals surface area (Å²) in [7, 11) is 0. The van der Waals surface area contributed by atoms with Gasteiger partial charge in [-0.05, 0) is 13.8 Å². The van der Waals surface area contributed by atoms with E-state index in [0.29, 0.717) is 13.0 Å². The van der Waals surface area contributed by atoms with Crippen LogP contribution in [0.5, 0.6) is 0 Å². The molecule has 1 rings (SSSR count). The smallest absolute Gasteiger partial charge is 0.0788 e. The highest BCUT2D eigenvalue weighted by Crippen LogP contribution is 2.14. The Kier molecular flexibility index (Phi) is 3.50. The first-order chi connectivity index (χ1) is 5.72. The molecule has 12 heavy (non-hydrogen) atoms. The number of hydrogen-bond acceptors (Lipinski definition) is 2. The van der Waals surface area contributed by atoms with Gasteiger partial charge in [0.15, 0.2) is 0 Å². The number of ether oxygens (including phenoxy) is 1. The third-order valence-corrected chi connectivity index (χ3v) is 2.04. The molecule has 0 spiro atoms. The maximum atomic E-state index is 9.14. The molecule has 1 N–H and O–H groups in total. The molecule has 0 saturated carbocycles. The van der Waals surface area contributed by atoms with Crippen LogP contribution in [0.2, 0.25) is 0 Å². The molecule has 2 nitrogen and oxygen atoms in total. The third-order valence-electron chi connectivity index (χ3n) is 2.04. The summed E-state index contributed by atoms with van der Waals surface area (Å²) < 4.78 is 5.51. The molecule has 68 valence electrons. The van der Waals surface area contributed by atoms with Crippen LogP contribution in [0, 0.1) is 0 Å². The van der Waals surface area contributed by atoms with Gasteiger partial charge in [-0.2, -0.15) is 0 Å². The average Bonchev–Trinajstić information content (AvgIpc) is 2.47. The molecule has 2 heteroatoms. The fraction of sp³-hybridized carbons (Fsp3) is 0.600. The van der Waals surface area contributed by atoms with E-state index >= 15 is 0 Å². The molecule has 0 radical (unpaired) electrons. The van der Waals surface area contributed by atoms with Crippen LogP contribution in [-0.2, 0) is 4.74 Å². The summed E-state index contributed by atoms with van der Waals surface area (Å²) in [4.78, 5) is 0. The van der Waals surface area contributed by atoms with E-state index in [0.717, 1.165) is 0 Å². The lowest BCUT2D eigenvalue weighted by molar-refractivity contribution is 0.0786. The number of rotatable bonds is 3. The van der Waals surface area contributed by atoms with Gasteiger partial charge in [0.25, 0.3) is 0 Å². The van der Waals surface area contributed by atoms with E-state index in [-0.39, 0.29) is 12.2 Å². The molecular formula is C10H16O2. The van der Waals surface area contributed by atoms with Crippen LogP contribution in [0.4, 0.5) is 0 Å². The molecule has 0 aromatic carbocycles. The Hall–Kier alpha value is -0.600. The average molecular weight is 168 g/mol. The molecule has 1 aliphatic rings. The first-order valence-electron chi connectivity index (χ1n) is 4.32. The normalized spacial score (nSPS) is 29.8. The maximum absolute atomic E-state index is 9.14. The first-order valence-corrected chi connectivity index (χ1v) is 4.32. The zero-order chi connectivity index (χ0) is 8.97. The monoisotopic (exact) mass is 168 g/mol. The predicted octanol–water partition coefficient (Wildman–Crippen LogP) is 1.66. The Morgan fingerprint density at radius 2 is 2.42 bits per heavy atom. The molecule has 0 bridgehead atoms. The highest BCUT2D eigenvalue weighted by Gasteiger charge is 2.16. The van der Waals surface area contributed by atoms with E-state index in [1.807, 2.05) is 26.0 Å². The van der Waals surface area contributed by atoms with Crippen molar-refractivity contribution in [2.75, 3.05) is 6.61 Å². The molecule has 2 unspecified atom stereocenters. The van der Waals surface area contributed by atoms with Crippen molar-refractivity contribution in [3.63, 3.8) is 0 Å². The van der Waals surface area contributed by atoms with Crippen LogP contribution in [0.15, 0.2) is 23.8 Å². The zero-order valence-electron chi connectivity index (χ0n) is 7.66. The fourth-order valence-electron chi connectivity index (χ4n) is 1.09. The summed E-state index contributed by atoms with van der Waals surface area (Å²) in [5.74, 6) is 0. The molecule has 0 amide bonds. The first kappa shape index (κ1) is 9.49. The zero-order valence-corrected chi connectivity index (χ0v) is 7.66. The van der Waals surface area contributed by atoms with Crippen LogP contribution in [0.3, 0.4) is 0 Å². The third kappa shape index (κ3) is 2.80. The minimum Gasteiger partial charge on any atom is -0.389 e. The van der Waals surface area contributed by atoms with Crippen LogP contribution in [0.25, 0.3) is 0 Å². The summed E-state index contributed by atoms with van der Waals surface area (Å²) in [6, 6.07) is 0. The second-order valence-electron chi connectivity index (χ2n) is 3.17. The fourth-order valence-corrected chi connectivity index (χ4v) is 1.09. The molecule has 2 atom stereocenters. The lowest BCUT2D eigenvalue weighted by Gasteiger charge is -2.10. The van der Waals surface area contributed by atoms with E-state index < -0.39 is 0 Å². The van der Waals surface area contributed by atoms with Gasteiger partial charge in [-0.25, -0.2) is 0 Å². The molecule has 1 aliphatic carbocycles. The van der Waals surface area contributed by atoms with Crippen molar-refractivity contribution >= 4 is 0 Å². The molecule has 0 aliphatic heterocycles. The molecule has 0 aromatic heterocycles. The molecule has 0 aromatic rings. The van der Waals surface area contributed by atoms with Crippen molar-refractivity contribution in [3.05, 3.63) is 23.8 Å². The van der Waals surface area contributed by atoms with E-state index in [9.17, 15) is 0 Å². The van der Waals surface area contributed by atoms with Gasteiger partial charge in [-0.15, -0.1) is 0 Å². The van der Waals surface area contributed by atoms with Gasteiger partial charge in [0.2, 0.25) is 0 Å². The summed E-state index contributed by atoms with van der Waals surface area (Å²) in [5.41, 5.74) is 1.23. The number of aliphatic hydroxyl groups is 1. The van der Waals surface area contributed by atoms with Gasteiger partial charge in [0.05, 0.1) is 18.8 Å². The Labute approximate surface area is 73.5 Å². The van der Waals surface area contributed by atoms with Gasteiger partial charge in [0.1, 0.15) is 0 Å². The van der Waals surface area contributed by atoms with Gasteiger partial charge in [0, 0.05) is 6.42 Å². The molecular weight excluding hydrogens is 152 g/mol. The maximum Gasteiger partial charge on any atom is 0.0788 e. The van der Waals surface area contributed by atoms with E-state index in [1.165, 1.54) is 5.57 Å². The lowest BCUT2D eigenvalue weighted by atomic mass is 10.2. The number of allylic oxidation sites excluding steroid dienone is 1. The van der Waals surface area contributed by atoms with Crippen molar-refractivity contribution < 1.29 is 9.84 Å². The van der Waals surface area contributed by atoms with Crippen LogP contribution < -0.4 is 0 Å². The standard InChI is InChI=1S/C10H16O2/c1-3-8(2)7-12-10-5-4-9(11)6-10/h3-5,9-11H,6-7H2,1-2H3/b8-3-. The number of hydrogen-bond donors (Lipinski definition) is 1. The van der Waals surface area contributed by atoms with Crippen molar-refractivity contribution in [2.24, 2.45) is 0 Å². The Balaban J connectivity index is 2.21. The van der Waals surface area contributed by atoms with Crippen LogP contribution >= 0.6 is 0 Å². The van der Waals surface area contributed by atoms with E-state index in [4.69, 9.17) is 9.84 Å². The van der Waals surface area contributed by atoms with Gasteiger partial charge in [-0.3, -0.25) is 0 Å². The van der Waals surface area contributed by atoms with Crippen molar-refractivity contribution in [2.45, 2.75) is 32.5 Å². The van der Waals surface area contributed by atoms with Gasteiger partial charge >= 0.3 is 0 Å². The van der Waals surface area contributed by atoms with Crippen LogP contribution in [0.1, 0.15) is 20.3 Å². The Morgan fingerprint density at radius 3 is 2.92 bits per heavy atom. The highest BCUT2D eigenvalue weighted by atomic mass is 16.5. The Bertz CT molecular complexity index is 194. The predicted molar refractivity (Wildman–Crippen MR) is 48.9 cm³/mol. The molecule has 0 fully saturated rings. The summed E-state index contributed by atoms with van der Waals surface area (Å²) >= 11 is 0. The SMILES string of the molecule is C/C=C(/C)COC1C=CC(O)C1. The summed E-state index contributed by atoms with van der Waals surface area (Å²) in [6.07, 6.45) is 6.26.